The Labute approximate surface area is 142 Å². The van der Waals surface area contributed by atoms with Crippen LogP contribution in [0.4, 0.5) is 23.0 Å². The first-order valence-electron chi connectivity index (χ1n) is 6.55. The van der Waals surface area contributed by atoms with Gasteiger partial charge in [0.1, 0.15) is 18.0 Å². The van der Waals surface area contributed by atoms with E-state index < -0.39 is 0 Å². The zero-order valence-corrected chi connectivity index (χ0v) is 13.8. The molecule has 3 aromatic rings. The molecule has 3 heterocycles. The summed E-state index contributed by atoms with van der Waals surface area (Å²) in [5.41, 5.74) is 1.84. The van der Waals surface area contributed by atoms with E-state index in [1.54, 1.807) is 18.7 Å². The van der Waals surface area contributed by atoms with Gasteiger partial charge in [-0.3, -0.25) is 0 Å². The van der Waals surface area contributed by atoms with Gasteiger partial charge in [-0.25, -0.2) is 15.0 Å². The Morgan fingerprint density at radius 3 is 2.68 bits per heavy atom. The van der Waals surface area contributed by atoms with Crippen LogP contribution in [0.2, 0.25) is 0 Å². The molecule has 0 atom stereocenters. The molecule has 0 aliphatic carbocycles. The number of fused-ring (bicyclic) bond motifs is 1. The van der Waals surface area contributed by atoms with Crippen molar-refractivity contribution in [3.8, 4) is 0 Å². The fraction of sp³-hybridized carbons (Fsp3) is 0. The first-order chi connectivity index (χ1) is 10.4. The zero-order chi connectivity index (χ0) is 14.1. The van der Waals surface area contributed by atoms with E-state index in [9.17, 15) is 0 Å². The smallest absolute Gasteiger partial charge is 0.130 e. The summed E-state index contributed by atoms with van der Waals surface area (Å²) in [5.74, 6) is 1.62. The second-order valence-electron chi connectivity index (χ2n) is 4.52. The molecule has 1 aliphatic rings. The molecule has 0 unspecified atom stereocenters. The monoisotopic (exact) mass is 466 g/mol. The van der Waals surface area contributed by atoms with Crippen LogP contribution in [0.1, 0.15) is 0 Å². The minimum absolute atomic E-state index is 0. The van der Waals surface area contributed by atoms with Gasteiger partial charge in [0.05, 0.1) is 11.9 Å². The molecular weight excluding hydrogens is 454 g/mol. The zero-order valence-electron chi connectivity index (χ0n) is 11.4. The van der Waals surface area contributed by atoms with Gasteiger partial charge in [0, 0.05) is 26.3 Å². The fourth-order valence-corrected chi connectivity index (χ4v) is 2.29. The molecule has 2 aromatic heterocycles. The maximum absolute atomic E-state index is 4.39. The summed E-state index contributed by atoms with van der Waals surface area (Å²) in [6.07, 6.45) is 5.10. The van der Waals surface area contributed by atoms with E-state index in [4.69, 9.17) is 0 Å². The quantitative estimate of drug-likeness (QED) is 0.545. The molecule has 4 rings (SSSR count). The van der Waals surface area contributed by atoms with Crippen molar-refractivity contribution in [1.29, 1.82) is 0 Å². The summed E-state index contributed by atoms with van der Waals surface area (Å²) in [6, 6.07) is 16.8. The molecule has 6 heteroatoms. The van der Waals surface area contributed by atoms with Gasteiger partial charge in [0.15, 0.2) is 0 Å². The number of pyridine rings is 1. The summed E-state index contributed by atoms with van der Waals surface area (Å²) in [4.78, 5) is 16.8. The van der Waals surface area contributed by atoms with E-state index in [1.807, 2.05) is 58.9 Å². The minimum Gasteiger partial charge on any atom is -0.491 e. The number of hydrogen-bond acceptors (Lipinski definition) is 5. The van der Waals surface area contributed by atoms with Gasteiger partial charge in [-0.15, -0.1) is 12.4 Å². The molecule has 0 spiro atoms. The minimum atomic E-state index is 0. The van der Waals surface area contributed by atoms with E-state index in [-0.39, 0.29) is 20.1 Å². The molecule has 0 bridgehead atoms. The summed E-state index contributed by atoms with van der Waals surface area (Å²) in [7, 11) is 0. The second kappa shape index (κ2) is 6.22. The predicted molar refractivity (Wildman–Crippen MR) is 80.1 cm³/mol. The predicted octanol–water partition coefficient (Wildman–Crippen LogP) is 3.08. The SMILES string of the molecule is [Ir].[c-]1ccccc1N1[CH-]N(c2ccccn2)c2ncncc21. The second-order valence-corrected chi connectivity index (χ2v) is 4.52. The molecule has 1 radical (unpaired) electrons. The number of hydrogen-bond donors (Lipinski definition) is 0. The van der Waals surface area contributed by atoms with Crippen LogP contribution in [-0.4, -0.2) is 15.0 Å². The van der Waals surface area contributed by atoms with Crippen LogP contribution in [0.5, 0.6) is 0 Å². The number of aromatic nitrogens is 3. The van der Waals surface area contributed by atoms with Gasteiger partial charge in [-0.05, 0) is 12.1 Å². The third-order valence-electron chi connectivity index (χ3n) is 3.24. The number of nitrogens with zero attached hydrogens (tertiary/aromatic N) is 5. The largest absolute Gasteiger partial charge is 0.491 e. The van der Waals surface area contributed by atoms with Crippen molar-refractivity contribution < 1.29 is 20.1 Å². The molecule has 0 fully saturated rings. The Hall–Kier alpha value is -2.30. The van der Waals surface area contributed by atoms with Crippen molar-refractivity contribution >= 4 is 23.0 Å². The first-order valence-corrected chi connectivity index (χ1v) is 6.55. The van der Waals surface area contributed by atoms with E-state index in [2.05, 4.69) is 21.0 Å². The Bertz CT molecular complexity index is 686. The molecule has 111 valence electrons. The number of anilines is 4. The fourth-order valence-electron chi connectivity index (χ4n) is 2.29. The van der Waals surface area contributed by atoms with E-state index in [0.29, 0.717) is 0 Å². The Kier molecular flexibility index (Phi) is 4.13. The molecule has 0 N–H and O–H groups in total. The van der Waals surface area contributed by atoms with Crippen LogP contribution < -0.4 is 9.80 Å². The van der Waals surface area contributed by atoms with Crippen molar-refractivity contribution in [1.82, 2.24) is 15.0 Å². The molecule has 22 heavy (non-hydrogen) atoms. The van der Waals surface area contributed by atoms with E-state index in [1.165, 1.54) is 0 Å². The third kappa shape index (κ3) is 2.47. The molecule has 1 aromatic carbocycles. The van der Waals surface area contributed by atoms with Crippen LogP contribution >= 0.6 is 0 Å². The average Bonchev–Trinajstić information content (AvgIpc) is 2.96. The molecule has 0 amide bonds. The van der Waals surface area contributed by atoms with Crippen molar-refractivity contribution in [3.63, 3.8) is 0 Å². The van der Waals surface area contributed by atoms with Crippen LogP contribution in [0.3, 0.4) is 0 Å². The van der Waals surface area contributed by atoms with Gasteiger partial charge < -0.3 is 9.80 Å². The Morgan fingerprint density at radius 1 is 1.00 bits per heavy atom. The summed E-state index contributed by atoms with van der Waals surface area (Å²) in [6.45, 7) is 1.95. The van der Waals surface area contributed by atoms with Gasteiger partial charge in [0.25, 0.3) is 0 Å². The number of rotatable bonds is 2. The Balaban J connectivity index is 0.00000144. The molecule has 0 saturated heterocycles. The van der Waals surface area contributed by atoms with Gasteiger partial charge in [-0.1, -0.05) is 6.07 Å². The summed E-state index contributed by atoms with van der Waals surface area (Å²) >= 11 is 0. The van der Waals surface area contributed by atoms with Gasteiger partial charge in [-0.2, -0.15) is 30.3 Å². The maximum atomic E-state index is 4.39. The summed E-state index contributed by atoms with van der Waals surface area (Å²) in [5, 5.41) is 0. The van der Waals surface area contributed by atoms with Crippen LogP contribution in [0, 0.1) is 12.7 Å². The number of benzene rings is 1. The Morgan fingerprint density at radius 2 is 1.91 bits per heavy atom. The first kappa shape index (κ1) is 14.6. The van der Waals surface area contributed by atoms with Crippen molar-refractivity contribution in [2.45, 2.75) is 0 Å². The normalized spacial score (nSPS) is 12.7. The van der Waals surface area contributed by atoms with Gasteiger partial charge >= 0.3 is 0 Å². The molecule has 0 saturated carbocycles. The topological polar surface area (TPSA) is 45.2 Å². The molecule has 1 aliphatic heterocycles. The third-order valence-corrected chi connectivity index (χ3v) is 3.24. The average molecular weight is 466 g/mol. The van der Waals surface area contributed by atoms with Gasteiger partial charge in [0.2, 0.25) is 0 Å². The standard InChI is InChI=1S/C16H11N5.Ir/c1-2-6-13(7-3-1)20-12-21(15-8-4-5-9-18-15)16-14(20)10-17-11-19-16;/h1-6,8-12H;/q-2;. The van der Waals surface area contributed by atoms with Crippen LogP contribution in [0.25, 0.3) is 0 Å². The van der Waals surface area contributed by atoms with E-state index >= 15 is 0 Å². The van der Waals surface area contributed by atoms with Crippen LogP contribution in [0.15, 0.2) is 61.2 Å². The van der Waals surface area contributed by atoms with Crippen molar-refractivity contribution in [2.24, 2.45) is 0 Å². The van der Waals surface area contributed by atoms with Crippen molar-refractivity contribution in [3.05, 3.63) is 73.9 Å². The molecular formula is C16H11IrN5-2. The number of para-hydroxylation sites is 1. The maximum Gasteiger partial charge on any atom is 0.130 e. The van der Waals surface area contributed by atoms with Crippen molar-refractivity contribution in [2.75, 3.05) is 9.80 Å². The van der Waals surface area contributed by atoms with E-state index in [0.717, 1.165) is 23.0 Å². The van der Waals surface area contributed by atoms with Crippen LogP contribution in [-0.2, 0) is 20.1 Å². The molecule has 5 nitrogen and oxygen atoms in total. The summed E-state index contributed by atoms with van der Waals surface area (Å²) < 4.78 is 0.